The summed E-state index contributed by atoms with van der Waals surface area (Å²) in [5, 5.41) is 17.1. The Balaban J connectivity index is 1.71. The van der Waals surface area contributed by atoms with Crippen molar-refractivity contribution in [3.05, 3.63) is 29.8 Å². The molecule has 2 aromatic rings. The van der Waals surface area contributed by atoms with Crippen molar-refractivity contribution < 1.29 is 9.18 Å². The number of hydrogen-bond acceptors (Lipinski definition) is 6. The zero-order chi connectivity index (χ0) is 16.2. The molecule has 0 bridgehead atoms. The van der Waals surface area contributed by atoms with Gasteiger partial charge in [-0.15, -0.1) is 5.10 Å². The number of halogens is 1. The third kappa shape index (κ3) is 3.85. The predicted octanol–water partition coefficient (Wildman–Crippen LogP) is 1.14. The molecule has 1 aromatic carbocycles. The summed E-state index contributed by atoms with van der Waals surface area (Å²) in [5.41, 5.74) is 0.724. The van der Waals surface area contributed by atoms with Crippen LogP contribution < -0.4 is 10.6 Å². The van der Waals surface area contributed by atoms with E-state index in [9.17, 15) is 9.18 Å². The number of nitrogens with one attached hydrogen (secondary N) is 2. The number of thioether (sulfide) groups is 1. The second-order valence-electron chi connectivity index (χ2n) is 5.28. The average Bonchev–Trinajstić information content (AvgIpc) is 2.96. The molecule has 0 spiro atoms. The van der Waals surface area contributed by atoms with E-state index < -0.39 is 5.82 Å². The van der Waals surface area contributed by atoms with Crippen LogP contribution in [0.3, 0.4) is 0 Å². The van der Waals surface area contributed by atoms with Crippen molar-refractivity contribution in [2.75, 3.05) is 23.4 Å². The van der Waals surface area contributed by atoms with Gasteiger partial charge in [0.05, 0.1) is 0 Å². The lowest BCUT2D eigenvalue weighted by Crippen LogP contribution is -2.39. The summed E-state index contributed by atoms with van der Waals surface area (Å²) < 4.78 is 15.3. The zero-order valence-corrected chi connectivity index (χ0v) is 13.4. The molecule has 1 fully saturated rings. The van der Waals surface area contributed by atoms with Gasteiger partial charge in [-0.2, -0.15) is 16.4 Å². The van der Waals surface area contributed by atoms with E-state index in [0.717, 1.165) is 18.1 Å². The lowest BCUT2D eigenvalue weighted by molar-refractivity contribution is -0.116. The fraction of sp³-hybridized carbons (Fsp3) is 0.429. The highest BCUT2D eigenvalue weighted by molar-refractivity contribution is 7.99. The molecule has 2 N–H and O–H groups in total. The molecule has 0 saturated carbocycles. The Morgan fingerprint density at radius 2 is 2.43 bits per heavy atom. The van der Waals surface area contributed by atoms with Crippen LogP contribution in [0.25, 0.3) is 5.69 Å². The summed E-state index contributed by atoms with van der Waals surface area (Å²) >= 11 is 1.84. The van der Waals surface area contributed by atoms with Crippen molar-refractivity contribution in [1.82, 2.24) is 25.5 Å². The van der Waals surface area contributed by atoms with E-state index in [0.29, 0.717) is 17.9 Å². The molecule has 2 heterocycles. The highest BCUT2D eigenvalue weighted by atomic mass is 32.2. The van der Waals surface area contributed by atoms with E-state index in [4.69, 9.17) is 0 Å². The second kappa shape index (κ2) is 7.05. The van der Waals surface area contributed by atoms with Gasteiger partial charge in [-0.25, -0.2) is 4.39 Å². The van der Waals surface area contributed by atoms with Gasteiger partial charge in [0, 0.05) is 36.2 Å². The number of rotatable bonds is 4. The van der Waals surface area contributed by atoms with Crippen LogP contribution in [0.1, 0.15) is 12.2 Å². The maximum atomic E-state index is 14.0. The number of anilines is 1. The molecule has 23 heavy (non-hydrogen) atoms. The van der Waals surface area contributed by atoms with Crippen molar-refractivity contribution in [3.8, 4) is 5.69 Å². The number of amides is 1. The topological polar surface area (TPSA) is 84.7 Å². The highest BCUT2D eigenvalue weighted by Crippen LogP contribution is 2.19. The van der Waals surface area contributed by atoms with Gasteiger partial charge in [0.2, 0.25) is 5.91 Å². The number of carbonyl (C=O) groups is 1. The summed E-state index contributed by atoms with van der Waals surface area (Å²) in [4.78, 5) is 12.1. The Hall–Kier alpha value is -2.00. The average molecular weight is 336 g/mol. The predicted molar refractivity (Wildman–Crippen MR) is 86.2 cm³/mol. The van der Waals surface area contributed by atoms with E-state index >= 15 is 0 Å². The van der Waals surface area contributed by atoms with Gasteiger partial charge in [0.25, 0.3) is 0 Å². The highest BCUT2D eigenvalue weighted by Gasteiger charge is 2.17. The lowest BCUT2D eigenvalue weighted by Gasteiger charge is -2.22. The smallest absolute Gasteiger partial charge is 0.225 e. The van der Waals surface area contributed by atoms with E-state index in [-0.39, 0.29) is 17.6 Å². The van der Waals surface area contributed by atoms with Crippen molar-refractivity contribution >= 4 is 23.4 Å². The molecular weight excluding hydrogens is 319 g/mol. The number of carbonyl (C=O) groups excluding carboxylic acids is 1. The Labute approximate surface area is 137 Å². The largest absolute Gasteiger partial charge is 0.326 e. The molecule has 1 aliphatic heterocycles. The van der Waals surface area contributed by atoms with Gasteiger partial charge >= 0.3 is 0 Å². The van der Waals surface area contributed by atoms with Crippen LogP contribution in [-0.2, 0) is 4.79 Å². The zero-order valence-electron chi connectivity index (χ0n) is 12.6. The third-order valence-corrected chi connectivity index (χ3v) is 4.64. The first-order valence-corrected chi connectivity index (χ1v) is 8.45. The number of hydrogen-bond donors (Lipinski definition) is 2. The van der Waals surface area contributed by atoms with Crippen LogP contribution in [0.4, 0.5) is 10.1 Å². The minimum atomic E-state index is -0.455. The monoisotopic (exact) mass is 336 g/mol. The van der Waals surface area contributed by atoms with E-state index in [1.54, 1.807) is 6.92 Å². The summed E-state index contributed by atoms with van der Waals surface area (Å²) in [6.45, 7) is 2.60. The van der Waals surface area contributed by atoms with Crippen LogP contribution in [0.2, 0.25) is 0 Å². The van der Waals surface area contributed by atoms with Crippen LogP contribution in [0.5, 0.6) is 0 Å². The molecule has 122 valence electrons. The molecule has 0 aliphatic carbocycles. The van der Waals surface area contributed by atoms with Gasteiger partial charge in [-0.3, -0.25) is 4.79 Å². The van der Waals surface area contributed by atoms with Crippen LogP contribution in [-0.4, -0.2) is 50.2 Å². The quantitative estimate of drug-likeness (QED) is 0.871. The van der Waals surface area contributed by atoms with Crippen molar-refractivity contribution in [2.24, 2.45) is 0 Å². The van der Waals surface area contributed by atoms with Crippen LogP contribution in [0, 0.1) is 12.7 Å². The molecule has 7 nitrogen and oxygen atoms in total. The minimum absolute atomic E-state index is 0.101. The summed E-state index contributed by atoms with van der Waals surface area (Å²) in [6, 6.07) is 4.52. The van der Waals surface area contributed by atoms with Crippen molar-refractivity contribution in [3.63, 3.8) is 0 Å². The maximum absolute atomic E-state index is 14.0. The Kier molecular flexibility index (Phi) is 4.87. The third-order valence-electron chi connectivity index (χ3n) is 3.51. The SMILES string of the molecule is Cc1nnnn1-c1cc(NC(=O)CC2CSCCN2)ccc1F. The normalized spacial score (nSPS) is 17.9. The molecule has 3 rings (SSSR count). The first-order chi connectivity index (χ1) is 11.1. The first-order valence-electron chi connectivity index (χ1n) is 7.29. The Morgan fingerprint density at radius 1 is 1.57 bits per heavy atom. The number of nitrogens with zero attached hydrogens (tertiary/aromatic N) is 4. The van der Waals surface area contributed by atoms with E-state index in [1.807, 2.05) is 11.8 Å². The molecule has 1 atom stereocenters. The fourth-order valence-electron chi connectivity index (χ4n) is 2.39. The molecule has 1 saturated heterocycles. The van der Waals surface area contributed by atoms with E-state index in [2.05, 4.69) is 26.2 Å². The molecule has 1 aliphatic rings. The Bertz CT molecular complexity index is 700. The fourth-order valence-corrected chi connectivity index (χ4v) is 3.34. The van der Waals surface area contributed by atoms with Gasteiger partial charge in [0.15, 0.2) is 5.82 Å². The number of aromatic nitrogens is 4. The maximum Gasteiger partial charge on any atom is 0.225 e. The number of aryl methyl sites for hydroxylation is 1. The van der Waals surface area contributed by atoms with Gasteiger partial charge < -0.3 is 10.6 Å². The molecule has 1 amide bonds. The lowest BCUT2D eigenvalue weighted by atomic mass is 10.2. The first kappa shape index (κ1) is 15.9. The minimum Gasteiger partial charge on any atom is -0.326 e. The Morgan fingerprint density at radius 3 is 3.13 bits per heavy atom. The van der Waals surface area contributed by atoms with Crippen molar-refractivity contribution in [1.29, 1.82) is 0 Å². The van der Waals surface area contributed by atoms with Gasteiger partial charge in [-0.1, -0.05) is 0 Å². The summed E-state index contributed by atoms with van der Waals surface area (Å²) in [5.74, 6) is 1.91. The van der Waals surface area contributed by atoms with Crippen LogP contribution in [0.15, 0.2) is 18.2 Å². The molecule has 1 aromatic heterocycles. The second-order valence-corrected chi connectivity index (χ2v) is 6.43. The number of benzene rings is 1. The molecule has 1 unspecified atom stereocenters. The summed E-state index contributed by atoms with van der Waals surface area (Å²) in [7, 11) is 0. The van der Waals surface area contributed by atoms with Crippen molar-refractivity contribution in [2.45, 2.75) is 19.4 Å². The number of tetrazole rings is 1. The van der Waals surface area contributed by atoms with E-state index in [1.165, 1.54) is 22.9 Å². The molecule has 0 radical (unpaired) electrons. The molecule has 9 heteroatoms. The molecular formula is C14H17FN6OS. The summed E-state index contributed by atoms with van der Waals surface area (Å²) in [6.07, 6.45) is 0.392. The standard InChI is InChI=1S/C14H17FN6OS/c1-9-18-19-20-21(9)13-6-10(2-3-12(13)15)17-14(22)7-11-8-23-5-4-16-11/h2-3,6,11,16H,4-5,7-8H2,1H3,(H,17,22). The van der Waals surface area contributed by atoms with Gasteiger partial charge in [-0.05, 0) is 35.5 Å². The van der Waals surface area contributed by atoms with Gasteiger partial charge in [0.1, 0.15) is 11.5 Å². The van der Waals surface area contributed by atoms with Crippen LogP contribution >= 0.6 is 11.8 Å².